The summed E-state index contributed by atoms with van der Waals surface area (Å²) in [4.78, 5) is -0.339. The molecular weight excluding hydrogens is 335 g/mol. The topological polar surface area (TPSA) is 63.4 Å². The van der Waals surface area contributed by atoms with Gasteiger partial charge in [0.15, 0.2) is 0 Å². The van der Waals surface area contributed by atoms with Crippen LogP contribution in [0.25, 0.3) is 0 Å². The summed E-state index contributed by atoms with van der Waals surface area (Å²) in [5, 5.41) is 0. The summed E-state index contributed by atoms with van der Waals surface area (Å²) in [5.74, 6) is -0.775. The van der Waals surface area contributed by atoms with Crippen LogP contribution < -0.4 is 5.73 Å². The Balaban J connectivity index is 2.48. The number of nitrogen functional groups attached to an aromatic ring is 1. The van der Waals surface area contributed by atoms with Crippen LogP contribution in [0.15, 0.2) is 21.5 Å². The Kier molecular flexibility index (Phi) is 4.17. The minimum Gasteiger partial charge on any atom is -0.398 e. The van der Waals surface area contributed by atoms with Gasteiger partial charge in [-0.2, -0.15) is 4.31 Å². The number of nitrogens with zero attached hydrogens (tertiary/aromatic N) is 1. The van der Waals surface area contributed by atoms with Crippen molar-refractivity contribution in [3.63, 3.8) is 0 Å². The molecule has 1 saturated heterocycles. The summed E-state index contributed by atoms with van der Waals surface area (Å²) in [7, 11) is -3.81. The lowest BCUT2D eigenvalue weighted by molar-refractivity contribution is 0.377. The van der Waals surface area contributed by atoms with Gasteiger partial charge in [0.1, 0.15) is 10.7 Å². The van der Waals surface area contributed by atoms with Crippen LogP contribution >= 0.6 is 15.9 Å². The van der Waals surface area contributed by atoms with Crippen molar-refractivity contribution in [2.45, 2.75) is 37.1 Å². The number of hydrogen-bond donors (Lipinski definition) is 1. The molecule has 1 unspecified atom stereocenters. The first kappa shape index (κ1) is 14.7. The second kappa shape index (κ2) is 5.38. The van der Waals surface area contributed by atoms with E-state index in [4.69, 9.17) is 5.73 Å². The Bertz CT molecular complexity index is 592. The molecule has 19 heavy (non-hydrogen) atoms. The van der Waals surface area contributed by atoms with Crippen molar-refractivity contribution in [3.8, 4) is 0 Å². The SMILES string of the molecule is CCC1CCCN1S(=O)(=O)c1cc(N)c(Br)cc1F. The zero-order valence-corrected chi connectivity index (χ0v) is 13.0. The van der Waals surface area contributed by atoms with E-state index in [1.165, 1.54) is 10.4 Å². The predicted molar refractivity (Wildman–Crippen MR) is 75.7 cm³/mol. The second-order valence-electron chi connectivity index (χ2n) is 4.62. The highest BCUT2D eigenvalue weighted by atomic mass is 79.9. The van der Waals surface area contributed by atoms with Crippen molar-refractivity contribution in [2.24, 2.45) is 0 Å². The molecule has 0 aliphatic carbocycles. The zero-order chi connectivity index (χ0) is 14.2. The van der Waals surface area contributed by atoms with Gasteiger partial charge in [0, 0.05) is 22.7 Å². The van der Waals surface area contributed by atoms with Crippen molar-refractivity contribution in [1.82, 2.24) is 4.31 Å². The lowest BCUT2D eigenvalue weighted by Crippen LogP contribution is -2.35. The van der Waals surface area contributed by atoms with Crippen LogP contribution in [0.4, 0.5) is 10.1 Å². The van der Waals surface area contributed by atoms with Crippen LogP contribution in [-0.2, 0) is 10.0 Å². The van der Waals surface area contributed by atoms with Gasteiger partial charge in [-0.15, -0.1) is 0 Å². The summed E-state index contributed by atoms with van der Waals surface area (Å²) in [6.07, 6.45) is 2.36. The van der Waals surface area contributed by atoms with Gasteiger partial charge in [0.25, 0.3) is 0 Å². The van der Waals surface area contributed by atoms with Gasteiger partial charge >= 0.3 is 0 Å². The van der Waals surface area contributed by atoms with Gasteiger partial charge in [-0.3, -0.25) is 0 Å². The van der Waals surface area contributed by atoms with Gasteiger partial charge in [-0.1, -0.05) is 6.92 Å². The molecule has 0 spiro atoms. The quantitative estimate of drug-likeness (QED) is 0.852. The highest BCUT2D eigenvalue weighted by Gasteiger charge is 2.36. The molecule has 0 bridgehead atoms. The molecule has 1 aromatic carbocycles. The maximum atomic E-state index is 13.9. The molecule has 0 saturated carbocycles. The third-order valence-electron chi connectivity index (χ3n) is 3.43. The molecule has 4 nitrogen and oxygen atoms in total. The van der Waals surface area contributed by atoms with E-state index in [1.807, 2.05) is 6.92 Å². The van der Waals surface area contributed by atoms with E-state index in [0.717, 1.165) is 25.3 Å². The van der Waals surface area contributed by atoms with Gasteiger partial charge in [-0.05, 0) is 47.3 Å². The molecule has 0 amide bonds. The fraction of sp³-hybridized carbons (Fsp3) is 0.500. The average molecular weight is 351 g/mol. The van der Waals surface area contributed by atoms with Gasteiger partial charge in [-0.25, -0.2) is 12.8 Å². The van der Waals surface area contributed by atoms with E-state index >= 15 is 0 Å². The maximum absolute atomic E-state index is 13.9. The molecule has 1 heterocycles. The highest BCUT2D eigenvalue weighted by Crippen LogP contribution is 2.32. The van der Waals surface area contributed by atoms with Crippen LogP contribution in [0.2, 0.25) is 0 Å². The first-order valence-corrected chi connectivity index (χ1v) is 8.37. The zero-order valence-electron chi connectivity index (χ0n) is 10.6. The number of benzene rings is 1. The van der Waals surface area contributed by atoms with Crippen LogP contribution in [0.3, 0.4) is 0 Å². The second-order valence-corrected chi connectivity index (χ2v) is 7.34. The summed E-state index contributed by atoms with van der Waals surface area (Å²) in [6, 6.07) is 2.23. The summed E-state index contributed by atoms with van der Waals surface area (Å²) < 4.78 is 40.7. The molecule has 2 N–H and O–H groups in total. The number of halogens is 2. The number of rotatable bonds is 3. The smallest absolute Gasteiger partial charge is 0.246 e. The molecular formula is C12H16BrFN2O2S. The van der Waals surface area contributed by atoms with E-state index in [9.17, 15) is 12.8 Å². The molecule has 1 fully saturated rings. The Morgan fingerprint density at radius 2 is 2.21 bits per heavy atom. The predicted octanol–water partition coefficient (Wildman–Crippen LogP) is 2.73. The number of hydrogen-bond acceptors (Lipinski definition) is 3. The molecule has 0 radical (unpaired) electrons. The first-order chi connectivity index (χ1) is 8.87. The van der Waals surface area contributed by atoms with Gasteiger partial charge in [0.05, 0.1) is 0 Å². The standard InChI is InChI=1S/C12H16BrFN2O2S/c1-2-8-4-3-5-16(8)19(17,18)12-7-11(15)9(13)6-10(12)14/h6-8H,2-5,15H2,1H3. The fourth-order valence-electron chi connectivity index (χ4n) is 2.40. The van der Waals surface area contributed by atoms with Crippen molar-refractivity contribution >= 4 is 31.6 Å². The molecule has 1 aliphatic heterocycles. The highest BCUT2D eigenvalue weighted by molar-refractivity contribution is 9.10. The van der Waals surface area contributed by atoms with Gasteiger partial charge in [0.2, 0.25) is 10.0 Å². The number of anilines is 1. The third-order valence-corrected chi connectivity index (χ3v) is 6.09. The van der Waals surface area contributed by atoms with E-state index in [2.05, 4.69) is 15.9 Å². The van der Waals surface area contributed by atoms with Crippen LogP contribution in [0.5, 0.6) is 0 Å². The molecule has 1 aliphatic rings. The van der Waals surface area contributed by atoms with Gasteiger partial charge < -0.3 is 5.73 Å². The third kappa shape index (κ3) is 2.64. The Labute approximate surface area is 121 Å². The monoisotopic (exact) mass is 350 g/mol. The van der Waals surface area contributed by atoms with E-state index in [-0.39, 0.29) is 16.6 Å². The van der Waals surface area contributed by atoms with Crippen molar-refractivity contribution < 1.29 is 12.8 Å². The largest absolute Gasteiger partial charge is 0.398 e. The van der Waals surface area contributed by atoms with Crippen molar-refractivity contribution in [3.05, 3.63) is 22.4 Å². The fourth-order valence-corrected chi connectivity index (χ4v) is 4.57. The minimum atomic E-state index is -3.81. The molecule has 2 rings (SSSR count). The van der Waals surface area contributed by atoms with E-state index in [0.29, 0.717) is 11.0 Å². The van der Waals surface area contributed by atoms with E-state index in [1.54, 1.807) is 0 Å². The Morgan fingerprint density at radius 3 is 2.84 bits per heavy atom. The molecule has 7 heteroatoms. The summed E-state index contributed by atoms with van der Waals surface area (Å²) >= 11 is 3.08. The van der Waals surface area contributed by atoms with Crippen molar-refractivity contribution in [2.75, 3.05) is 12.3 Å². The minimum absolute atomic E-state index is 0.0470. The molecule has 1 atom stereocenters. The number of sulfonamides is 1. The normalized spacial score (nSPS) is 20.9. The lowest BCUT2D eigenvalue weighted by atomic mass is 10.2. The van der Waals surface area contributed by atoms with Crippen LogP contribution in [0, 0.1) is 5.82 Å². The average Bonchev–Trinajstić information content (AvgIpc) is 2.82. The van der Waals surface area contributed by atoms with Crippen LogP contribution in [0.1, 0.15) is 26.2 Å². The molecule has 106 valence electrons. The molecule has 1 aromatic rings. The van der Waals surface area contributed by atoms with Crippen LogP contribution in [-0.4, -0.2) is 25.3 Å². The lowest BCUT2D eigenvalue weighted by Gasteiger charge is -2.23. The summed E-state index contributed by atoms with van der Waals surface area (Å²) in [5.41, 5.74) is 5.87. The Hall–Kier alpha value is -0.660. The maximum Gasteiger partial charge on any atom is 0.246 e. The summed E-state index contributed by atoms with van der Waals surface area (Å²) in [6.45, 7) is 2.38. The Morgan fingerprint density at radius 1 is 1.53 bits per heavy atom. The first-order valence-electron chi connectivity index (χ1n) is 6.14. The number of nitrogens with two attached hydrogens (primary N) is 1. The van der Waals surface area contributed by atoms with E-state index < -0.39 is 15.8 Å². The molecule has 0 aromatic heterocycles. The van der Waals surface area contributed by atoms with Crippen molar-refractivity contribution in [1.29, 1.82) is 0 Å².